The lowest BCUT2D eigenvalue weighted by Crippen LogP contribution is -1.98. The highest BCUT2D eigenvalue weighted by atomic mass is 19.2. The van der Waals surface area contributed by atoms with E-state index in [0.717, 1.165) is 11.8 Å². The molecule has 104 valence electrons. The van der Waals surface area contributed by atoms with Gasteiger partial charge in [0, 0.05) is 18.8 Å². The maximum Gasteiger partial charge on any atom is 0.314 e. The first-order valence-corrected chi connectivity index (χ1v) is 5.61. The lowest BCUT2D eigenvalue weighted by atomic mass is 10.2. The van der Waals surface area contributed by atoms with Crippen molar-refractivity contribution in [3.8, 4) is 11.5 Å². The number of ether oxygens (including phenoxy) is 1. The Morgan fingerprint density at radius 3 is 2.35 bits per heavy atom. The van der Waals surface area contributed by atoms with Crippen LogP contribution in [-0.4, -0.2) is 12.0 Å². The van der Waals surface area contributed by atoms with E-state index in [4.69, 9.17) is 4.74 Å². The maximum absolute atomic E-state index is 13.6. The SMILES string of the molecule is CNc1ccc(Oc2c([N+](=O)[O-])ccc(F)c2F)cc1. The van der Waals surface area contributed by atoms with Crippen LogP contribution >= 0.6 is 0 Å². The summed E-state index contributed by atoms with van der Waals surface area (Å²) in [6, 6.07) is 7.79. The van der Waals surface area contributed by atoms with Crippen LogP contribution in [0, 0.1) is 21.7 Å². The number of nitrogens with zero attached hydrogens (tertiary/aromatic N) is 1. The fraction of sp³-hybridized carbons (Fsp3) is 0.0769. The molecule has 0 heterocycles. The second-order valence-electron chi connectivity index (χ2n) is 3.84. The van der Waals surface area contributed by atoms with Crippen molar-refractivity contribution in [3.05, 3.63) is 58.1 Å². The Balaban J connectivity index is 2.40. The molecule has 0 aliphatic carbocycles. The second-order valence-corrected chi connectivity index (χ2v) is 3.84. The summed E-state index contributed by atoms with van der Waals surface area (Å²) in [5, 5.41) is 13.7. The Hall–Kier alpha value is -2.70. The van der Waals surface area contributed by atoms with Crippen LogP contribution in [0.1, 0.15) is 0 Å². The van der Waals surface area contributed by atoms with Crippen LogP contribution in [0.3, 0.4) is 0 Å². The molecule has 0 fully saturated rings. The summed E-state index contributed by atoms with van der Waals surface area (Å²) in [4.78, 5) is 9.97. The van der Waals surface area contributed by atoms with Crippen LogP contribution in [-0.2, 0) is 0 Å². The highest BCUT2D eigenvalue weighted by Gasteiger charge is 2.23. The van der Waals surface area contributed by atoms with Crippen LogP contribution in [0.4, 0.5) is 20.2 Å². The Bertz CT molecular complexity index is 645. The molecular weight excluding hydrogens is 270 g/mol. The first-order chi connectivity index (χ1) is 9.52. The van der Waals surface area contributed by atoms with Crippen molar-refractivity contribution in [2.45, 2.75) is 0 Å². The number of nitro benzene ring substituents is 1. The van der Waals surface area contributed by atoms with Gasteiger partial charge in [0.25, 0.3) is 0 Å². The second kappa shape index (κ2) is 5.52. The Labute approximate surface area is 113 Å². The van der Waals surface area contributed by atoms with Gasteiger partial charge < -0.3 is 10.1 Å². The minimum atomic E-state index is -1.39. The molecule has 0 saturated carbocycles. The molecular formula is C13H10F2N2O3. The van der Waals surface area contributed by atoms with Gasteiger partial charge in [-0.15, -0.1) is 0 Å². The molecule has 2 rings (SSSR count). The molecule has 0 amide bonds. The Morgan fingerprint density at radius 1 is 1.15 bits per heavy atom. The van der Waals surface area contributed by atoms with E-state index in [9.17, 15) is 18.9 Å². The van der Waals surface area contributed by atoms with E-state index in [1.807, 2.05) is 0 Å². The third-order valence-electron chi connectivity index (χ3n) is 2.59. The number of hydrogen-bond donors (Lipinski definition) is 1. The summed E-state index contributed by atoms with van der Waals surface area (Å²) in [6.07, 6.45) is 0. The van der Waals surface area contributed by atoms with Crippen molar-refractivity contribution >= 4 is 11.4 Å². The van der Waals surface area contributed by atoms with E-state index in [1.165, 1.54) is 12.1 Å². The quantitative estimate of drug-likeness (QED) is 0.685. The molecule has 5 nitrogen and oxygen atoms in total. The van der Waals surface area contributed by atoms with Gasteiger partial charge in [-0.3, -0.25) is 10.1 Å². The Morgan fingerprint density at radius 2 is 1.80 bits per heavy atom. The van der Waals surface area contributed by atoms with Crippen LogP contribution in [0.25, 0.3) is 0 Å². The van der Waals surface area contributed by atoms with Crippen LogP contribution < -0.4 is 10.1 Å². The third kappa shape index (κ3) is 2.66. The predicted molar refractivity (Wildman–Crippen MR) is 69.1 cm³/mol. The van der Waals surface area contributed by atoms with E-state index >= 15 is 0 Å². The van der Waals surface area contributed by atoms with Gasteiger partial charge in [0.1, 0.15) is 5.75 Å². The smallest absolute Gasteiger partial charge is 0.314 e. The molecule has 0 aliphatic heterocycles. The normalized spacial score (nSPS) is 10.2. The molecule has 2 aromatic rings. The zero-order valence-electron chi connectivity index (χ0n) is 10.4. The van der Waals surface area contributed by atoms with Crippen molar-refractivity contribution in [1.29, 1.82) is 0 Å². The van der Waals surface area contributed by atoms with Crippen molar-refractivity contribution < 1.29 is 18.4 Å². The first-order valence-electron chi connectivity index (χ1n) is 5.61. The molecule has 7 heteroatoms. The average Bonchev–Trinajstić information content (AvgIpc) is 2.44. The number of halogens is 2. The van der Waals surface area contributed by atoms with E-state index < -0.39 is 28.0 Å². The van der Waals surface area contributed by atoms with Gasteiger partial charge in [-0.05, 0) is 30.3 Å². The average molecular weight is 280 g/mol. The summed E-state index contributed by atoms with van der Waals surface area (Å²) in [5.74, 6) is -3.18. The standard InChI is InChI=1S/C13H10F2N2O3/c1-16-8-2-4-9(5-3-8)20-13-11(17(18)19)7-6-10(14)12(13)15/h2-7,16H,1H3. The van der Waals surface area contributed by atoms with Gasteiger partial charge in [0.2, 0.25) is 11.6 Å². The number of hydrogen-bond acceptors (Lipinski definition) is 4. The summed E-state index contributed by atoms with van der Waals surface area (Å²) in [7, 11) is 1.72. The van der Waals surface area contributed by atoms with Crippen LogP contribution in [0.2, 0.25) is 0 Å². The molecule has 0 saturated heterocycles. The van der Waals surface area contributed by atoms with Gasteiger partial charge in [0.05, 0.1) is 4.92 Å². The monoisotopic (exact) mass is 280 g/mol. The number of benzene rings is 2. The molecule has 0 aromatic heterocycles. The van der Waals surface area contributed by atoms with Gasteiger partial charge in [-0.1, -0.05) is 0 Å². The molecule has 0 aliphatic rings. The van der Waals surface area contributed by atoms with E-state index in [-0.39, 0.29) is 5.75 Å². The van der Waals surface area contributed by atoms with Gasteiger partial charge in [0.15, 0.2) is 5.82 Å². The van der Waals surface area contributed by atoms with Crippen molar-refractivity contribution in [3.63, 3.8) is 0 Å². The highest BCUT2D eigenvalue weighted by molar-refractivity contribution is 5.51. The van der Waals surface area contributed by atoms with Crippen molar-refractivity contribution in [2.75, 3.05) is 12.4 Å². The van der Waals surface area contributed by atoms with Crippen LogP contribution in [0.15, 0.2) is 36.4 Å². The summed E-state index contributed by atoms with van der Waals surface area (Å²) < 4.78 is 31.9. The zero-order chi connectivity index (χ0) is 14.7. The van der Waals surface area contributed by atoms with Crippen LogP contribution in [0.5, 0.6) is 11.5 Å². The first kappa shape index (κ1) is 13.7. The van der Waals surface area contributed by atoms with Gasteiger partial charge >= 0.3 is 5.69 Å². The predicted octanol–water partition coefficient (Wildman–Crippen LogP) is 3.71. The van der Waals surface area contributed by atoms with E-state index in [1.54, 1.807) is 19.2 Å². The van der Waals surface area contributed by atoms with Gasteiger partial charge in [-0.25, -0.2) is 4.39 Å². The minimum Gasteiger partial charge on any atom is -0.447 e. The molecule has 2 aromatic carbocycles. The highest BCUT2D eigenvalue weighted by Crippen LogP contribution is 2.35. The molecule has 0 spiro atoms. The molecule has 0 bridgehead atoms. The summed E-state index contributed by atoms with van der Waals surface area (Å²) >= 11 is 0. The minimum absolute atomic E-state index is 0.164. The molecule has 20 heavy (non-hydrogen) atoms. The third-order valence-corrected chi connectivity index (χ3v) is 2.59. The van der Waals surface area contributed by atoms with E-state index in [2.05, 4.69) is 5.32 Å². The van der Waals surface area contributed by atoms with Gasteiger partial charge in [-0.2, -0.15) is 4.39 Å². The van der Waals surface area contributed by atoms with Crippen molar-refractivity contribution in [1.82, 2.24) is 0 Å². The fourth-order valence-corrected chi connectivity index (χ4v) is 1.57. The Kier molecular flexibility index (Phi) is 3.79. The number of anilines is 1. The summed E-state index contributed by atoms with van der Waals surface area (Å²) in [5.41, 5.74) is 0.146. The molecule has 0 unspecified atom stereocenters. The van der Waals surface area contributed by atoms with E-state index in [0.29, 0.717) is 6.07 Å². The van der Waals surface area contributed by atoms with Crippen molar-refractivity contribution in [2.24, 2.45) is 0 Å². The topological polar surface area (TPSA) is 64.4 Å². The molecule has 0 atom stereocenters. The maximum atomic E-state index is 13.6. The lowest BCUT2D eigenvalue weighted by Gasteiger charge is -2.08. The number of rotatable bonds is 4. The molecule has 0 radical (unpaired) electrons. The molecule has 1 N–H and O–H groups in total. The zero-order valence-corrected chi connectivity index (χ0v) is 10.4. The number of nitrogens with one attached hydrogen (secondary N) is 1. The fourth-order valence-electron chi connectivity index (χ4n) is 1.57. The largest absolute Gasteiger partial charge is 0.447 e. The lowest BCUT2D eigenvalue weighted by molar-refractivity contribution is -0.385. The number of nitro groups is 1. The summed E-state index contributed by atoms with van der Waals surface area (Å²) in [6.45, 7) is 0.